The van der Waals surface area contributed by atoms with Crippen molar-refractivity contribution in [2.24, 2.45) is 10.9 Å². The first-order valence-electron chi connectivity index (χ1n) is 11.9. The van der Waals surface area contributed by atoms with Crippen molar-refractivity contribution in [2.75, 3.05) is 67.8 Å². The number of rotatable bonds is 10. The van der Waals surface area contributed by atoms with Crippen LogP contribution < -0.4 is 14.8 Å². The van der Waals surface area contributed by atoms with Crippen LogP contribution in [0.3, 0.4) is 0 Å². The number of nitrogens with one attached hydrogen (secondary N) is 1. The molecule has 1 saturated carbocycles. The first-order chi connectivity index (χ1) is 15.7. The number of guanidine groups is 1. The van der Waals surface area contributed by atoms with Crippen LogP contribution in [-0.2, 0) is 14.9 Å². The molecule has 1 atom stereocenters. The van der Waals surface area contributed by atoms with Crippen molar-refractivity contribution in [1.29, 1.82) is 0 Å². The van der Waals surface area contributed by atoms with Crippen LogP contribution in [0.1, 0.15) is 44.1 Å². The van der Waals surface area contributed by atoms with Crippen molar-refractivity contribution in [3.63, 3.8) is 0 Å². The molecule has 0 bridgehead atoms. The standard InChI is InChI=1S/C25H41N3O4.HI/c1-26-24(28-13-10-20(17-28)18-32-15-14-29-2)27-19-25(11-6-5-7-12-25)21-8-9-22(30-3)23(16-21)31-4;/h8-9,16,20H,5-7,10-15,17-19H2,1-4H3,(H,26,27);1H. The number of halogens is 1. The second-order valence-electron chi connectivity index (χ2n) is 8.98. The van der Waals surface area contributed by atoms with E-state index in [0.29, 0.717) is 19.1 Å². The minimum absolute atomic E-state index is 0. The molecule has 0 spiro atoms. The van der Waals surface area contributed by atoms with Gasteiger partial charge in [0.05, 0.1) is 34.0 Å². The topological polar surface area (TPSA) is 64.6 Å². The fourth-order valence-corrected chi connectivity index (χ4v) is 5.10. The Labute approximate surface area is 216 Å². The van der Waals surface area contributed by atoms with E-state index in [4.69, 9.17) is 18.9 Å². The molecule has 0 radical (unpaired) electrons. The Hall–Kier alpha value is -1.26. The Balaban J connectivity index is 0.00000385. The van der Waals surface area contributed by atoms with E-state index in [1.54, 1.807) is 21.3 Å². The van der Waals surface area contributed by atoms with Crippen LogP contribution in [0, 0.1) is 5.92 Å². The van der Waals surface area contributed by atoms with Gasteiger partial charge in [-0.25, -0.2) is 0 Å². The van der Waals surface area contributed by atoms with Gasteiger partial charge < -0.3 is 29.2 Å². The van der Waals surface area contributed by atoms with Crippen LogP contribution in [0.4, 0.5) is 0 Å². The van der Waals surface area contributed by atoms with Gasteiger partial charge in [0, 0.05) is 45.1 Å². The van der Waals surface area contributed by atoms with Crippen LogP contribution in [0.25, 0.3) is 0 Å². The van der Waals surface area contributed by atoms with E-state index < -0.39 is 0 Å². The summed E-state index contributed by atoms with van der Waals surface area (Å²) in [5.41, 5.74) is 1.40. The quantitative estimate of drug-likeness (QED) is 0.196. The van der Waals surface area contributed by atoms with E-state index in [1.165, 1.54) is 37.7 Å². The number of aliphatic imine (C=N–C) groups is 1. The zero-order chi connectivity index (χ0) is 22.8. The van der Waals surface area contributed by atoms with Gasteiger partial charge in [0.15, 0.2) is 17.5 Å². The summed E-state index contributed by atoms with van der Waals surface area (Å²) >= 11 is 0. The van der Waals surface area contributed by atoms with E-state index >= 15 is 0 Å². The number of benzene rings is 1. The summed E-state index contributed by atoms with van der Waals surface area (Å²) in [5, 5.41) is 3.73. The lowest BCUT2D eigenvalue weighted by atomic mass is 9.69. The fraction of sp³-hybridized carbons (Fsp3) is 0.720. The second-order valence-corrected chi connectivity index (χ2v) is 8.98. The van der Waals surface area contributed by atoms with Crippen LogP contribution >= 0.6 is 24.0 Å². The molecule has 33 heavy (non-hydrogen) atoms. The largest absolute Gasteiger partial charge is 0.493 e. The number of ether oxygens (including phenoxy) is 4. The van der Waals surface area contributed by atoms with Gasteiger partial charge in [0.2, 0.25) is 0 Å². The molecule has 1 unspecified atom stereocenters. The molecule has 7 nitrogen and oxygen atoms in total. The van der Waals surface area contributed by atoms with Gasteiger partial charge in [0.1, 0.15) is 0 Å². The maximum Gasteiger partial charge on any atom is 0.193 e. The molecular weight excluding hydrogens is 533 g/mol. The molecular formula is C25H42IN3O4. The molecule has 1 aliphatic heterocycles. The Morgan fingerprint density at radius 1 is 1.09 bits per heavy atom. The third-order valence-electron chi connectivity index (χ3n) is 6.97. The molecule has 3 rings (SSSR count). The van der Waals surface area contributed by atoms with Gasteiger partial charge >= 0.3 is 0 Å². The van der Waals surface area contributed by atoms with Gasteiger partial charge in [-0.2, -0.15) is 0 Å². The minimum atomic E-state index is 0. The van der Waals surface area contributed by atoms with Crippen molar-refractivity contribution in [1.82, 2.24) is 10.2 Å². The summed E-state index contributed by atoms with van der Waals surface area (Å²) in [6.07, 6.45) is 7.28. The monoisotopic (exact) mass is 575 g/mol. The third-order valence-corrected chi connectivity index (χ3v) is 6.97. The van der Waals surface area contributed by atoms with Crippen molar-refractivity contribution in [3.05, 3.63) is 23.8 Å². The summed E-state index contributed by atoms with van der Waals surface area (Å²) in [5.74, 6) is 3.12. The van der Waals surface area contributed by atoms with Crippen molar-refractivity contribution in [3.8, 4) is 11.5 Å². The molecule has 8 heteroatoms. The highest BCUT2D eigenvalue weighted by molar-refractivity contribution is 14.0. The molecule has 2 aliphatic rings. The molecule has 0 aromatic heterocycles. The lowest BCUT2D eigenvalue weighted by Gasteiger charge is -2.39. The Morgan fingerprint density at radius 2 is 1.85 bits per heavy atom. The lowest BCUT2D eigenvalue weighted by Crippen LogP contribution is -2.47. The van der Waals surface area contributed by atoms with Gasteiger partial charge in [-0.15, -0.1) is 24.0 Å². The van der Waals surface area contributed by atoms with E-state index in [0.717, 1.165) is 50.1 Å². The molecule has 1 heterocycles. The Morgan fingerprint density at radius 3 is 2.52 bits per heavy atom. The van der Waals surface area contributed by atoms with E-state index in [1.807, 2.05) is 13.1 Å². The van der Waals surface area contributed by atoms with Crippen LogP contribution in [0.2, 0.25) is 0 Å². The third kappa shape index (κ3) is 7.36. The average molecular weight is 576 g/mol. The number of nitrogens with zero attached hydrogens (tertiary/aromatic N) is 2. The summed E-state index contributed by atoms with van der Waals surface area (Å²) in [7, 11) is 6.98. The molecule has 0 amide bonds. The number of likely N-dealkylation sites (tertiary alicyclic amines) is 1. The predicted molar refractivity (Wildman–Crippen MR) is 143 cm³/mol. The lowest BCUT2D eigenvalue weighted by molar-refractivity contribution is 0.0536. The predicted octanol–water partition coefficient (Wildman–Crippen LogP) is 4.08. The molecule has 1 saturated heterocycles. The van der Waals surface area contributed by atoms with Crippen LogP contribution in [-0.4, -0.2) is 78.7 Å². The van der Waals surface area contributed by atoms with Crippen LogP contribution in [0.5, 0.6) is 11.5 Å². The summed E-state index contributed by atoms with van der Waals surface area (Å²) in [6, 6.07) is 6.41. The van der Waals surface area contributed by atoms with E-state index in [2.05, 4.69) is 27.3 Å². The normalized spacial score (nSPS) is 20.3. The van der Waals surface area contributed by atoms with Gasteiger partial charge in [-0.3, -0.25) is 4.99 Å². The number of hydrogen-bond acceptors (Lipinski definition) is 5. The van der Waals surface area contributed by atoms with Gasteiger partial charge in [0.25, 0.3) is 0 Å². The molecule has 2 fully saturated rings. The molecule has 1 aliphatic carbocycles. The Kier molecular flexibility index (Phi) is 12.0. The Bertz CT molecular complexity index is 740. The van der Waals surface area contributed by atoms with Crippen molar-refractivity contribution in [2.45, 2.75) is 43.9 Å². The van der Waals surface area contributed by atoms with E-state index in [-0.39, 0.29) is 29.4 Å². The SMILES string of the molecule is CN=C(NCC1(c2ccc(OC)c(OC)c2)CCCCC1)N1CCC(COCCOC)C1.I. The zero-order valence-corrected chi connectivity index (χ0v) is 23.1. The summed E-state index contributed by atoms with van der Waals surface area (Å²) in [6.45, 7) is 4.97. The second kappa shape index (κ2) is 14.2. The van der Waals surface area contributed by atoms with Crippen molar-refractivity contribution >= 4 is 29.9 Å². The highest BCUT2D eigenvalue weighted by Gasteiger charge is 2.35. The van der Waals surface area contributed by atoms with E-state index in [9.17, 15) is 0 Å². The van der Waals surface area contributed by atoms with Crippen molar-refractivity contribution < 1.29 is 18.9 Å². The summed E-state index contributed by atoms with van der Waals surface area (Å²) in [4.78, 5) is 6.98. The molecule has 1 N–H and O–H groups in total. The maximum atomic E-state index is 5.76. The average Bonchev–Trinajstić information content (AvgIpc) is 3.31. The zero-order valence-electron chi connectivity index (χ0n) is 20.7. The summed E-state index contributed by atoms with van der Waals surface area (Å²) < 4.78 is 21.9. The van der Waals surface area contributed by atoms with Crippen LogP contribution in [0.15, 0.2) is 23.2 Å². The smallest absolute Gasteiger partial charge is 0.193 e. The molecule has 1 aromatic rings. The minimum Gasteiger partial charge on any atom is -0.493 e. The first-order valence-corrected chi connectivity index (χ1v) is 11.9. The highest BCUT2D eigenvalue weighted by Crippen LogP contribution is 2.42. The molecule has 1 aromatic carbocycles. The number of methoxy groups -OCH3 is 3. The van der Waals surface area contributed by atoms with Gasteiger partial charge in [-0.1, -0.05) is 25.3 Å². The maximum absolute atomic E-state index is 5.76. The first kappa shape index (κ1) is 28.0. The number of hydrogen-bond donors (Lipinski definition) is 1. The molecule has 188 valence electrons. The van der Waals surface area contributed by atoms with Gasteiger partial charge in [-0.05, 0) is 37.0 Å². The highest BCUT2D eigenvalue weighted by atomic mass is 127. The fourth-order valence-electron chi connectivity index (χ4n) is 5.10.